The first kappa shape index (κ1) is 19.2. The number of carbonyl (C=O) groups excluding carboxylic acids is 2. The molecule has 27 heavy (non-hydrogen) atoms. The van der Waals surface area contributed by atoms with Crippen molar-refractivity contribution < 1.29 is 14.7 Å². The smallest absolute Gasteiger partial charge is 0.275 e. The van der Waals surface area contributed by atoms with E-state index in [-0.39, 0.29) is 31.5 Å². The highest BCUT2D eigenvalue weighted by Gasteiger charge is 2.16. The number of amides is 1. The van der Waals surface area contributed by atoms with Crippen LogP contribution in [0, 0.1) is 0 Å². The van der Waals surface area contributed by atoms with Gasteiger partial charge in [0, 0.05) is 10.4 Å². The van der Waals surface area contributed by atoms with Crippen molar-refractivity contribution in [3.63, 3.8) is 0 Å². The van der Waals surface area contributed by atoms with Crippen molar-refractivity contribution in [3.05, 3.63) is 67.5 Å². The monoisotopic (exact) mass is 424 g/mol. The standard InChI is InChI=1S/C17H10Cl3N3O4/c18-8-5-11(19)15(12(20)6-8)21-13(24)7-23-16(25)10-4-2-1-3-9(10)14(22-23)17(26)27/h1-6H,7H2,(H,21,24)(H,26,27)/p-1. The van der Waals surface area contributed by atoms with E-state index in [1.807, 2.05) is 0 Å². The Balaban J connectivity index is 1.97. The third kappa shape index (κ3) is 3.90. The van der Waals surface area contributed by atoms with Gasteiger partial charge >= 0.3 is 0 Å². The number of hydrogen-bond donors (Lipinski definition) is 1. The van der Waals surface area contributed by atoms with Crippen LogP contribution in [0.5, 0.6) is 0 Å². The summed E-state index contributed by atoms with van der Waals surface area (Å²) >= 11 is 17.8. The van der Waals surface area contributed by atoms with E-state index in [0.29, 0.717) is 0 Å². The zero-order valence-corrected chi connectivity index (χ0v) is 15.6. The van der Waals surface area contributed by atoms with Crippen molar-refractivity contribution in [2.75, 3.05) is 5.32 Å². The highest BCUT2D eigenvalue weighted by molar-refractivity contribution is 6.42. The summed E-state index contributed by atoms with van der Waals surface area (Å²) in [5.41, 5.74) is -0.957. The Bertz CT molecular complexity index is 1120. The third-order valence-electron chi connectivity index (χ3n) is 3.63. The molecule has 3 rings (SSSR count). The molecule has 0 aliphatic rings. The molecule has 0 spiro atoms. The molecule has 0 saturated carbocycles. The van der Waals surface area contributed by atoms with Crippen molar-refractivity contribution in [2.45, 2.75) is 6.54 Å². The number of hydrogen-bond acceptors (Lipinski definition) is 5. The molecule has 10 heteroatoms. The van der Waals surface area contributed by atoms with Gasteiger partial charge in [-0.25, -0.2) is 4.68 Å². The van der Waals surface area contributed by atoms with Crippen LogP contribution >= 0.6 is 34.8 Å². The molecule has 0 fully saturated rings. The van der Waals surface area contributed by atoms with Gasteiger partial charge in [0.25, 0.3) is 5.56 Å². The Hall–Kier alpha value is -2.61. The summed E-state index contributed by atoms with van der Waals surface area (Å²) in [7, 11) is 0. The number of benzene rings is 2. The number of rotatable bonds is 4. The van der Waals surface area contributed by atoms with E-state index in [1.165, 1.54) is 24.3 Å². The van der Waals surface area contributed by atoms with Gasteiger partial charge in [-0.2, -0.15) is 5.10 Å². The molecule has 138 valence electrons. The van der Waals surface area contributed by atoms with E-state index >= 15 is 0 Å². The van der Waals surface area contributed by atoms with Gasteiger partial charge < -0.3 is 15.2 Å². The minimum atomic E-state index is -1.57. The first-order chi connectivity index (χ1) is 12.8. The van der Waals surface area contributed by atoms with E-state index in [0.717, 1.165) is 4.68 Å². The van der Waals surface area contributed by atoms with Crippen LogP contribution in [0.15, 0.2) is 41.2 Å². The fourth-order valence-corrected chi connectivity index (χ4v) is 3.38. The van der Waals surface area contributed by atoms with Crippen LogP contribution in [0.1, 0.15) is 10.5 Å². The molecule has 0 unspecified atom stereocenters. The molecular formula is C17H9Cl3N3O4-. The average molecular weight is 426 g/mol. The maximum atomic E-state index is 12.5. The van der Waals surface area contributed by atoms with Crippen LogP contribution in [0.4, 0.5) is 5.69 Å². The number of nitrogens with zero attached hydrogens (tertiary/aromatic N) is 2. The van der Waals surface area contributed by atoms with E-state index in [9.17, 15) is 19.5 Å². The Morgan fingerprint density at radius 1 is 1.07 bits per heavy atom. The first-order valence-electron chi connectivity index (χ1n) is 7.43. The molecule has 0 bridgehead atoms. The SMILES string of the molecule is O=C(Cn1nc(C(=O)[O-])c2ccccc2c1=O)Nc1c(Cl)cc(Cl)cc1Cl. The van der Waals surface area contributed by atoms with Gasteiger partial charge in [0.15, 0.2) is 0 Å². The van der Waals surface area contributed by atoms with Gasteiger partial charge in [0.2, 0.25) is 5.91 Å². The van der Waals surface area contributed by atoms with Gasteiger partial charge in [-0.15, -0.1) is 0 Å². The van der Waals surface area contributed by atoms with Crippen molar-refractivity contribution in [2.24, 2.45) is 0 Å². The second-order valence-electron chi connectivity index (χ2n) is 5.44. The summed E-state index contributed by atoms with van der Waals surface area (Å²) in [5.74, 6) is -2.25. The van der Waals surface area contributed by atoms with Crippen molar-refractivity contribution in [3.8, 4) is 0 Å². The van der Waals surface area contributed by atoms with Crippen LogP contribution in [-0.2, 0) is 11.3 Å². The summed E-state index contributed by atoms with van der Waals surface area (Å²) in [5, 5.41) is 18.3. The molecule has 7 nitrogen and oxygen atoms in total. The maximum Gasteiger partial charge on any atom is 0.275 e. The first-order valence-corrected chi connectivity index (χ1v) is 8.57. The minimum absolute atomic E-state index is 0.0991. The zero-order chi connectivity index (χ0) is 19.7. The summed E-state index contributed by atoms with van der Waals surface area (Å²) < 4.78 is 0.737. The number of aromatic nitrogens is 2. The number of halogens is 3. The number of carboxylic acid groups (broad SMARTS) is 1. The Morgan fingerprint density at radius 2 is 1.67 bits per heavy atom. The fraction of sp³-hybridized carbons (Fsp3) is 0.0588. The van der Waals surface area contributed by atoms with Gasteiger partial charge in [0.05, 0.1) is 27.1 Å². The van der Waals surface area contributed by atoms with Crippen molar-refractivity contribution in [1.29, 1.82) is 0 Å². The molecule has 2 aromatic carbocycles. The van der Waals surface area contributed by atoms with E-state index in [1.54, 1.807) is 12.1 Å². The average Bonchev–Trinajstić information content (AvgIpc) is 2.60. The molecule has 1 N–H and O–H groups in total. The highest BCUT2D eigenvalue weighted by Crippen LogP contribution is 2.33. The molecule has 0 saturated heterocycles. The van der Waals surface area contributed by atoms with Crippen LogP contribution < -0.4 is 16.0 Å². The molecule has 0 atom stereocenters. The quantitative estimate of drug-likeness (QED) is 0.691. The second kappa shape index (κ2) is 7.56. The number of carboxylic acids is 1. The number of aromatic carboxylic acids is 1. The van der Waals surface area contributed by atoms with Crippen LogP contribution in [0.2, 0.25) is 15.1 Å². The third-order valence-corrected chi connectivity index (χ3v) is 4.44. The maximum absolute atomic E-state index is 12.5. The lowest BCUT2D eigenvalue weighted by atomic mass is 10.1. The van der Waals surface area contributed by atoms with Crippen molar-refractivity contribution >= 4 is 63.1 Å². The summed E-state index contributed by atoms with van der Waals surface area (Å²) in [4.78, 5) is 36.2. The van der Waals surface area contributed by atoms with E-state index < -0.39 is 29.7 Å². The van der Waals surface area contributed by atoms with Crippen molar-refractivity contribution in [1.82, 2.24) is 9.78 Å². The topological polar surface area (TPSA) is 104 Å². The molecule has 3 aromatic rings. The van der Waals surface area contributed by atoms with E-state index in [2.05, 4.69) is 10.4 Å². The molecular weight excluding hydrogens is 417 g/mol. The molecule has 0 aliphatic heterocycles. The summed E-state index contributed by atoms with van der Waals surface area (Å²) in [6.45, 7) is -0.556. The van der Waals surface area contributed by atoms with Crippen LogP contribution in [0.25, 0.3) is 10.8 Å². The predicted molar refractivity (Wildman–Crippen MR) is 100 cm³/mol. The number of fused-ring (bicyclic) bond motifs is 1. The lowest BCUT2D eigenvalue weighted by Crippen LogP contribution is -2.34. The minimum Gasteiger partial charge on any atom is -0.543 e. The molecule has 0 radical (unpaired) electrons. The summed E-state index contributed by atoms with van der Waals surface area (Å²) in [6.07, 6.45) is 0. The second-order valence-corrected chi connectivity index (χ2v) is 6.69. The molecule has 1 aromatic heterocycles. The Morgan fingerprint density at radius 3 is 2.26 bits per heavy atom. The van der Waals surface area contributed by atoms with Crippen LogP contribution in [-0.4, -0.2) is 21.7 Å². The number of anilines is 1. The number of nitrogens with one attached hydrogen (secondary N) is 1. The van der Waals surface area contributed by atoms with Crippen LogP contribution in [0.3, 0.4) is 0 Å². The normalized spacial score (nSPS) is 10.8. The zero-order valence-electron chi connectivity index (χ0n) is 13.3. The predicted octanol–water partition coefficient (Wildman–Crippen LogP) is 2.36. The Kier molecular flexibility index (Phi) is 5.36. The lowest BCUT2D eigenvalue weighted by Gasteiger charge is -2.13. The van der Waals surface area contributed by atoms with Gasteiger partial charge in [-0.3, -0.25) is 9.59 Å². The Labute approximate surface area is 167 Å². The summed E-state index contributed by atoms with van der Waals surface area (Å²) in [6, 6.07) is 8.79. The number of carbonyl (C=O) groups is 2. The molecule has 1 amide bonds. The highest BCUT2D eigenvalue weighted by atomic mass is 35.5. The fourth-order valence-electron chi connectivity index (χ4n) is 2.47. The van der Waals surface area contributed by atoms with Gasteiger partial charge in [0.1, 0.15) is 12.2 Å². The molecule has 1 heterocycles. The van der Waals surface area contributed by atoms with Gasteiger partial charge in [-0.05, 0) is 18.2 Å². The lowest BCUT2D eigenvalue weighted by molar-refractivity contribution is -0.255. The van der Waals surface area contributed by atoms with E-state index in [4.69, 9.17) is 34.8 Å². The van der Waals surface area contributed by atoms with Gasteiger partial charge in [-0.1, -0.05) is 53.0 Å². The molecule has 0 aliphatic carbocycles. The largest absolute Gasteiger partial charge is 0.543 e.